The molecule has 6 nitrogen and oxygen atoms in total. The Labute approximate surface area is 167 Å². The largest absolute Gasteiger partial charge is 0.493 e. The highest BCUT2D eigenvalue weighted by Crippen LogP contribution is 2.29. The van der Waals surface area contributed by atoms with Crippen molar-refractivity contribution < 1.29 is 19.1 Å². The molecule has 2 fully saturated rings. The van der Waals surface area contributed by atoms with Crippen molar-refractivity contribution in [3.63, 3.8) is 0 Å². The Morgan fingerprint density at radius 1 is 1.07 bits per heavy atom. The first kappa shape index (κ1) is 20.2. The lowest BCUT2D eigenvalue weighted by molar-refractivity contribution is -0.140. The predicted molar refractivity (Wildman–Crippen MR) is 108 cm³/mol. The Balaban J connectivity index is 1.49. The van der Waals surface area contributed by atoms with E-state index in [1.165, 1.54) is 0 Å². The lowest BCUT2D eigenvalue weighted by atomic mass is 9.95. The maximum absolute atomic E-state index is 12.5. The van der Waals surface area contributed by atoms with E-state index in [4.69, 9.17) is 9.47 Å². The van der Waals surface area contributed by atoms with Gasteiger partial charge in [0, 0.05) is 32.1 Å². The Kier molecular flexibility index (Phi) is 6.95. The number of hydrogen-bond donors (Lipinski definition) is 0. The van der Waals surface area contributed by atoms with E-state index in [0.29, 0.717) is 24.6 Å². The molecule has 1 aromatic carbocycles. The maximum atomic E-state index is 12.5. The molecule has 6 heteroatoms. The fourth-order valence-corrected chi connectivity index (χ4v) is 3.90. The standard InChI is InChI=1S/C22H30N2O4/c1-3-6-17-7-8-19(20(15-17)27-2)28-16-21(25)23-13-9-18(10-14-23)22(26)24-11-4-5-12-24/h3,6-8,15,18H,4-5,9-14,16H2,1-2H3/b6-3+. The zero-order valence-corrected chi connectivity index (χ0v) is 16.9. The van der Waals surface area contributed by atoms with E-state index in [1.807, 2.05) is 42.2 Å². The third kappa shape index (κ3) is 4.86. The van der Waals surface area contributed by atoms with E-state index >= 15 is 0 Å². The molecule has 3 rings (SSSR count). The smallest absolute Gasteiger partial charge is 0.260 e. The minimum Gasteiger partial charge on any atom is -0.493 e. The van der Waals surface area contributed by atoms with Crippen LogP contribution in [0.3, 0.4) is 0 Å². The van der Waals surface area contributed by atoms with Gasteiger partial charge in [-0.3, -0.25) is 9.59 Å². The quantitative estimate of drug-likeness (QED) is 0.754. The monoisotopic (exact) mass is 386 g/mol. The van der Waals surface area contributed by atoms with E-state index in [2.05, 4.69) is 0 Å². The number of carbonyl (C=O) groups is 2. The summed E-state index contributed by atoms with van der Waals surface area (Å²) in [6, 6.07) is 5.63. The van der Waals surface area contributed by atoms with Gasteiger partial charge in [0.15, 0.2) is 18.1 Å². The number of nitrogens with zero attached hydrogens (tertiary/aromatic N) is 2. The number of ether oxygens (including phenoxy) is 2. The van der Waals surface area contributed by atoms with Crippen LogP contribution in [0.5, 0.6) is 11.5 Å². The number of benzene rings is 1. The van der Waals surface area contributed by atoms with E-state index in [9.17, 15) is 9.59 Å². The van der Waals surface area contributed by atoms with Crippen LogP contribution in [0.1, 0.15) is 38.2 Å². The predicted octanol–water partition coefficient (Wildman–Crippen LogP) is 2.97. The molecular weight excluding hydrogens is 356 g/mol. The van der Waals surface area contributed by atoms with Crippen LogP contribution in [-0.4, -0.2) is 61.5 Å². The molecule has 0 atom stereocenters. The molecule has 0 spiro atoms. The molecule has 0 unspecified atom stereocenters. The second-order valence-corrected chi connectivity index (χ2v) is 7.39. The SMILES string of the molecule is C/C=C/c1ccc(OCC(=O)N2CCC(C(=O)N3CCCC3)CC2)c(OC)c1. The first-order valence-corrected chi connectivity index (χ1v) is 10.1. The number of hydrogen-bond acceptors (Lipinski definition) is 4. The summed E-state index contributed by atoms with van der Waals surface area (Å²) in [5.74, 6) is 1.45. The molecule has 0 bridgehead atoms. The highest BCUT2D eigenvalue weighted by Gasteiger charge is 2.31. The fraction of sp³-hybridized carbons (Fsp3) is 0.545. The van der Waals surface area contributed by atoms with Crippen molar-refractivity contribution in [2.45, 2.75) is 32.6 Å². The van der Waals surface area contributed by atoms with Crippen LogP contribution in [0.4, 0.5) is 0 Å². The van der Waals surface area contributed by atoms with Crippen LogP contribution >= 0.6 is 0 Å². The summed E-state index contributed by atoms with van der Waals surface area (Å²) < 4.78 is 11.1. The summed E-state index contributed by atoms with van der Waals surface area (Å²) in [5.41, 5.74) is 1.02. The maximum Gasteiger partial charge on any atom is 0.260 e. The molecule has 0 saturated carbocycles. The molecule has 0 aromatic heterocycles. The minimum atomic E-state index is -0.0494. The van der Waals surface area contributed by atoms with Gasteiger partial charge in [-0.1, -0.05) is 18.2 Å². The summed E-state index contributed by atoms with van der Waals surface area (Å²) in [6.07, 6.45) is 7.63. The molecule has 152 valence electrons. The van der Waals surface area contributed by atoms with Crippen molar-refractivity contribution in [2.75, 3.05) is 39.9 Å². The van der Waals surface area contributed by atoms with Crippen molar-refractivity contribution in [1.82, 2.24) is 9.80 Å². The molecule has 2 aliphatic rings. The third-order valence-corrected chi connectivity index (χ3v) is 5.51. The Morgan fingerprint density at radius 3 is 2.43 bits per heavy atom. The van der Waals surface area contributed by atoms with Crippen LogP contribution in [0.15, 0.2) is 24.3 Å². The minimum absolute atomic E-state index is 0.0237. The van der Waals surface area contributed by atoms with E-state index in [0.717, 1.165) is 44.3 Å². The van der Waals surface area contributed by atoms with Gasteiger partial charge in [0.05, 0.1) is 7.11 Å². The summed E-state index contributed by atoms with van der Waals surface area (Å²) in [5, 5.41) is 0. The summed E-state index contributed by atoms with van der Waals surface area (Å²) >= 11 is 0. The van der Waals surface area contributed by atoms with Gasteiger partial charge in [-0.15, -0.1) is 0 Å². The molecular formula is C22H30N2O4. The highest BCUT2D eigenvalue weighted by atomic mass is 16.5. The van der Waals surface area contributed by atoms with Gasteiger partial charge < -0.3 is 19.3 Å². The first-order chi connectivity index (χ1) is 13.6. The van der Waals surface area contributed by atoms with Gasteiger partial charge in [0.2, 0.25) is 5.91 Å². The topological polar surface area (TPSA) is 59.1 Å². The van der Waals surface area contributed by atoms with E-state index < -0.39 is 0 Å². The molecule has 2 heterocycles. The Hall–Kier alpha value is -2.50. The van der Waals surface area contributed by atoms with Crippen LogP contribution in [-0.2, 0) is 9.59 Å². The van der Waals surface area contributed by atoms with Crippen molar-refractivity contribution in [3.8, 4) is 11.5 Å². The second kappa shape index (κ2) is 9.62. The van der Waals surface area contributed by atoms with Crippen LogP contribution in [0.2, 0.25) is 0 Å². The van der Waals surface area contributed by atoms with Crippen LogP contribution in [0.25, 0.3) is 6.08 Å². The van der Waals surface area contributed by atoms with Gasteiger partial charge in [-0.25, -0.2) is 0 Å². The normalized spacial score (nSPS) is 17.9. The van der Waals surface area contributed by atoms with E-state index in [1.54, 1.807) is 12.0 Å². The summed E-state index contributed by atoms with van der Waals surface area (Å²) in [6.45, 7) is 4.94. The molecule has 0 radical (unpaired) electrons. The lowest BCUT2D eigenvalue weighted by Gasteiger charge is -2.33. The second-order valence-electron chi connectivity index (χ2n) is 7.39. The molecule has 0 aliphatic carbocycles. The highest BCUT2D eigenvalue weighted by molar-refractivity contribution is 5.81. The Bertz CT molecular complexity index is 717. The molecule has 2 saturated heterocycles. The number of carbonyl (C=O) groups excluding carboxylic acids is 2. The van der Waals surface area contributed by atoms with Crippen molar-refractivity contribution in [2.24, 2.45) is 5.92 Å². The number of rotatable bonds is 6. The van der Waals surface area contributed by atoms with Gasteiger partial charge in [-0.05, 0) is 50.3 Å². The number of piperidine rings is 1. The Morgan fingerprint density at radius 2 is 1.79 bits per heavy atom. The van der Waals surface area contributed by atoms with Crippen LogP contribution in [0, 0.1) is 5.92 Å². The molecule has 28 heavy (non-hydrogen) atoms. The van der Waals surface area contributed by atoms with Gasteiger partial charge in [0.1, 0.15) is 0 Å². The fourth-order valence-electron chi connectivity index (χ4n) is 3.90. The average Bonchev–Trinajstić information content (AvgIpc) is 3.27. The van der Waals surface area contributed by atoms with Crippen LogP contribution < -0.4 is 9.47 Å². The number of allylic oxidation sites excluding steroid dienone is 1. The third-order valence-electron chi connectivity index (χ3n) is 5.51. The molecule has 1 aromatic rings. The molecule has 2 aliphatic heterocycles. The number of methoxy groups -OCH3 is 1. The molecule has 0 N–H and O–H groups in total. The summed E-state index contributed by atoms with van der Waals surface area (Å²) in [7, 11) is 1.59. The zero-order valence-electron chi connectivity index (χ0n) is 16.9. The lowest BCUT2D eigenvalue weighted by Crippen LogP contribution is -2.45. The van der Waals surface area contributed by atoms with Crippen molar-refractivity contribution in [3.05, 3.63) is 29.8 Å². The van der Waals surface area contributed by atoms with E-state index in [-0.39, 0.29) is 24.3 Å². The summed E-state index contributed by atoms with van der Waals surface area (Å²) in [4.78, 5) is 28.8. The van der Waals surface area contributed by atoms with Gasteiger partial charge >= 0.3 is 0 Å². The van der Waals surface area contributed by atoms with Crippen molar-refractivity contribution in [1.29, 1.82) is 0 Å². The first-order valence-electron chi connectivity index (χ1n) is 10.1. The zero-order chi connectivity index (χ0) is 19.9. The van der Waals surface area contributed by atoms with Gasteiger partial charge in [0.25, 0.3) is 5.91 Å². The number of likely N-dealkylation sites (tertiary alicyclic amines) is 2. The molecule has 2 amide bonds. The van der Waals surface area contributed by atoms with Crippen molar-refractivity contribution >= 4 is 17.9 Å². The average molecular weight is 386 g/mol. The number of amides is 2. The van der Waals surface area contributed by atoms with Gasteiger partial charge in [-0.2, -0.15) is 0 Å².